The number of hydrogen-bond acceptors (Lipinski definition) is 4. The lowest BCUT2D eigenvalue weighted by atomic mass is 10.2. The van der Waals surface area contributed by atoms with Crippen LogP contribution in [-0.4, -0.2) is 25.2 Å². The molecule has 0 unspecified atom stereocenters. The van der Waals surface area contributed by atoms with Gasteiger partial charge in [0.05, 0.1) is 6.61 Å². The Morgan fingerprint density at radius 1 is 1.20 bits per heavy atom. The van der Waals surface area contributed by atoms with E-state index in [0.29, 0.717) is 0 Å². The van der Waals surface area contributed by atoms with E-state index in [9.17, 15) is 0 Å². The summed E-state index contributed by atoms with van der Waals surface area (Å²) in [5.41, 5.74) is 2.50. The summed E-state index contributed by atoms with van der Waals surface area (Å²) >= 11 is 1.72. The Morgan fingerprint density at radius 3 is 2.85 bits per heavy atom. The standard InChI is InChI=1S/C16H20N2OS/c1-13-6-3-4-8-15(13)20-16-14(7-5-9-18-16)12-17-10-11-19-2/h3-9,17H,10-12H2,1-2H3. The van der Waals surface area contributed by atoms with Crippen LogP contribution in [0.1, 0.15) is 11.1 Å². The van der Waals surface area contributed by atoms with Gasteiger partial charge in [0.25, 0.3) is 0 Å². The van der Waals surface area contributed by atoms with Crippen molar-refractivity contribution in [2.45, 2.75) is 23.4 Å². The summed E-state index contributed by atoms with van der Waals surface area (Å²) in [7, 11) is 1.71. The largest absolute Gasteiger partial charge is 0.383 e. The van der Waals surface area contributed by atoms with Gasteiger partial charge < -0.3 is 10.1 Å². The monoisotopic (exact) mass is 288 g/mol. The molecule has 0 saturated heterocycles. The van der Waals surface area contributed by atoms with E-state index < -0.39 is 0 Å². The van der Waals surface area contributed by atoms with E-state index in [2.05, 4.69) is 47.6 Å². The van der Waals surface area contributed by atoms with E-state index in [0.717, 1.165) is 24.7 Å². The van der Waals surface area contributed by atoms with E-state index >= 15 is 0 Å². The Bertz CT molecular complexity index is 546. The van der Waals surface area contributed by atoms with Gasteiger partial charge in [-0.1, -0.05) is 36.0 Å². The number of benzene rings is 1. The van der Waals surface area contributed by atoms with Gasteiger partial charge in [-0.15, -0.1) is 0 Å². The van der Waals surface area contributed by atoms with Crippen molar-refractivity contribution in [3.8, 4) is 0 Å². The number of nitrogens with zero attached hydrogens (tertiary/aromatic N) is 1. The van der Waals surface area contributed by atoms with Crippen molar-refractivity contribution in [1.29, 1.82) is 0 Å². The van der Waals surface area contributed by atoms with Gasteiger partial charge in [0, 0.05) is 31.3 Å². The molecule has 0 aliphatic carbocycles. The molecule has 0 aliphatic rings. The molecule has 2 rings (SSSR count). The molecular weight excluding hydrogens is 268 g/mol. The molecule has 3 nitrogen and oxygen atoms in total. The number of aromatic nitrogens is 1. The van der Waals surface area contributed by atoms with Crippen molar-refractivity contribution in [2.24, 2.45) is 0 Å². The first-order chi connectivity index (χ1) is 9.81. The van der Waals surface area contributed by atoms with Crippen LogP contribution in [-0.2, 0) is 11.3 Å². The Labute approximate surface area is 124 Å². The topological polar surface area (TPSA) is 34.1 Å². The number of rotatable bonds is 7. The molecule has 1 aromatic heterocycles. The first-order valence-electron chi connectivity index (χ1n) is 6.68. The molecule has 0 bridgehead atoms. The van der Waals surface area contributed by atoms with Crippen molar-refractivity contribution in [1.82, 2.24) is 10.3 Å². The smallest absolute Gasteiger partial charge is 0.105 e. The third kappa shape index (κ3) is 4.34. The first-order valence-corrected chi connectivity index (χ1v) is 7.50. The normalized spacial score (nSPS) is 10.7. The second-order valence-electron chi connectivity index (χ2n) is 4.50. The van der Waals surface area contributed by atoms with Crippen LogP contribution in [0, 0.1) is 6.92 Å². The minimum absolute atomic E-state index is 0.723. The number of aryl methyl sites for hydroxylation is 1. The van der Waals surface area contributed by atoms with E-state index in [1.807, 2.05) is 12.3 Å². The summed E-state index contributed by atoms with van der Waals surface area (Å²) in [6.07, 6.45) is 1.85. The molecule has 0 radical (unpaired) electrons. The summed E-state index contributed by atoms with van der Waals surface area (Å²) < 4.78 is 5.04. The van der Waals surface area contributed by atoms with Crippen LogP contribution in [0.5, 0.6) is 0 Å². The lowest BCUT2D eigenvalue weighted by Gasteiger charge is -2.10. The van der Waals surface area contributed by atoms with Gasteiger partial charge >= 0.3 is 0 Å². The third-order valence-corrected chi connectivity index (χ3v) is 4.19. The van der Waals surface area contributed by atoms with Crippen molar-refractivity contribution in [3.05, 3.63) is 53.7 Å². The minimum Gasteiger partial charge on any atom is -0.383 e. The van der Waals surface area contributed by atoms with Crippen molar-refractivity contribution in [3.63, 3.8) is 0 Å². The zero-order valence-corrected chi connectivity index (χ0v) is 12.7. The van der Waals surface area contributed by atoms with Crippen LogP contribution in [0.4, 0.5) is 0 Å². The van der Waals surface area contributed by atoms with Crippen molar-refractivity contribution < 1.29 is 4.74 Å². The fourth-order valence-electron chi connectivity index (χ4n) is 1.82. The minimum atomic E-state index is 0.723. The van der Waals surface area contributed by atoms with Crippen LogP contribution in [0.3, 0.4) is 0 Å². The molecular formula is C16H20N2OS. The van der Waals surface area contributed by atoms with Gasteiger partial charge in [-0.2, -0.15) is 0 Å². The number of hydrogen-bond donors (Lipinski definition) is 1. The average molecular weight is 288 g/mol. The fraction of sp³-hybridized carbons (Fsp3) is 0.312. The Kier molecular flexibility index (Phi) is 6.05. The summed E-state index contributed by atoms with van der Waals surface area (Å²) in [6, 6.07) is 12.5. The lowest BCUT2D eigenvalue weighted by molar-refractivity contribution is 0.199. The SMILES string of the molecule is COCCNCc1cccnc1Sc1ccccc1C. The molecule has 0 spiro atoms. The number of methoxy groups -OCH3 is 1. The molecule has 0 atom stereocenters. The maximum absolute atomic E-state index is 5.04. The molecule has 1 heterocycles. The Morgan fingerprint density at radius 2 is 2.05 bits per heavy atom. The van der Waals surface area contributed by atoms with Crippen LogP contribution >= 0.6 is 11.8 Å². The molecule has 1 aromatic carbocycles. The Balaban J connectivity index is 2.06. The first kappa shape index (κ1) is 15.0. The van der Waals surface area contributed by atoms with E-state index in [1.165, 1.54) is 16.0 Å². The molecule has 0 saturated carbocycles. The molecule has 1 N–H and O–H groups in total. The van der Waals surface area contributed by atoms with Crippen LogP contribution in [0.2, 0.25) is 0 Å². The maximum Gasteiger partial charge on any atom is 0.105 e. The van der Waals surface area contributed by atoms with Gasteiger partial charge in [-0.25, -0.2) is 4.98 Å². The van der Waals surface area contributed by atoms with Crippen LogP contribution in [0.25, 0.3) is 0 Å². The van der Waals surface area contributed by atoms with E-state index in [-0.39, 0.29) is 0 Å². The molecule has 0 amide bonds. The highest BCUT2D eigenvalue weighted by Gasteiger charge is 2.06. The number of nitrogens with one attached hydrogen (secondary N) is 1. The summed E-state index contributed by atoms with van der Waals surface area (Å²) in [5.74, 6) is 0. The van der Waals surface area contributed by atoms with Crippen LogP contribution in [0.15, 0.2) is 52.5 Å². The van der Waals surface area contributed by atoms with Crippen molar-refractivity contribution in [2.75, 3.05) is 20.3 Å². The zero-order valence-electron chi connectivity index (χ0n) is 11.9. The molecule has 106 valence electrons. The van der Waals surface area contributed by atoms with Gasteiger partial charge in [-0.05, 0) is 30.2 Å². The highest BCUT2D eigenvalue weighted by atomic mass is 32.2. The predicted octanol–water partition coefficient (Wildman–Crippen LogP) is 3.28. The Hall–Kier alpha value is -1.36. The highest BCUT2D eigenvalue weighted by molar-refractivity contribution is 7.99. The predicted molar refractivity (Wildman–Crippen MR) is 83.1 cm³/mol. The molecule has 2 aromatic rings. The van der Waals surface area contributed by atoms with Gasteiger partial charge in [0.2, 0.25) is 0 Å². The van der Waals surface area contributed by atoms with Crippen LogP contribution < -0.4 is 5.32 Å². The van der Waals surface area contributed by atoms with Gasteiger partial charge in [-0.3, -0.25) is 0 Å². The zero-order chi connectivity index (χ0) is 14.2. The second-order valence-corrected chi connectivity index (χ2v) is 5.54. The maximum atomic E-state index is 5.04. The molecule has 4 heteroatoms. The molecule has 0 aliphatic heterocycles. The summed E-state index contributed by atoms with van der Waals surface area (Å²) in [5, 5.41) is 4.43. The average Bonchev–Trinajstić information content (AvgIpc) is 2.47. The number of pyridine rings is 1. The van der Waals surface area contributed by atoms with E-state index in [1.54, 1.807) is 18.9 Å². The lowest BCUT2D eigenvalue weighted by Crippen LogP contribution is -2.19. The van der Waals surface area contributed by atoms with E-state index in [4.69, 9.17) is 4.74 Å². The number of ether oxygens (including phenoxy) is 1. The van der Waals surface area contributed by atoms with Crippen molar-refractivity contribution >= 4 is 11.8 Å². The highest BCUT2D eigenvalue weighted by Crippen LogP contribution is 2.30. The fourth-order valence-corrected chi connectivity index (χ4v) is 2.79. The van der Waals surface area contributed by atoms with Gasteiger partial charge in [0.1, 0.15) is 5.03 Å². The molecule has 20 heavy (non-hydrogen) atoms. The van der Waals surface area contributed by atoms with Gasteiger partial charge in [0.15, 0.2) is 0 Å². The molecule has 0 fully saturated rings. The summed E-state index contributed by atoms with van der Waals surface area (Å²) in [6.45, 7) is 4.51. The third-order valence-electron chi connectivity index (χ3n) is 2.95. The quantitative estimate of drug-likeness (QED) is 0.793. The summed E-state index contributed by atoms with van der Waals surface area (Å²) in [4.78, 5) is 5.76. The second kappa shape index (κ2) is 8.04.